The summed E-state index contributed by atoms with van der Waals surface area (Å²) in [5.74, 6) is 1.24. The smallest absolute Gasteiger partial charge is 0.232 e. The van der Waals surface area contributed by atoms with Gasteiger partial charge in [0.25, 0.3) is 0 Å². The quantitative estimate of drug-likeness (QED) is 0.504. The van der Waals surface area contributed by atoms with Crippen LogP contribution in [0.25, 0.3) is 11.3 Å². The number of nitrogens with zero attached hydrogens (tertiary/aromatic N) is 3. The minimum Gasteiger partial charge on any atom is -0.389 e. The zero-order valence-electron chi connectivity index (χ0n) is 20.5. The molecular formula is C26H39N3O5. The third kappa shape index (κ3) is 7.02. The molecule has 0 bridgehead atoms. The molecule has 0 saturated carbocycles. The minimum absolute atomic E-state index is 0.177. The number of aliphatic hydroxyl groups excluding tert-OH is 1. The Hall–Kier alpha value is -1.97. The molecule has 8 heteroatoms. The number of anilines is 1. The van der Waals surface area contributed by atoms with Crippen molar-refractivity contribution in [3.63, 3.8) is 0 Å². The molecule has 2 aliphatic rings. The van der Waals surface area contributed by atoms with E-state index in [0.29, 0.717) is 45.4 Å². The average Bonchev–Trinajstić information content (AvgIpc) is 3.50. The van der Waals surface area contributed by atoms with E-state index in [9.17, 15) is 5.11 Å². The highest BCUT2D eigenvalue weighted by atomic mass is 16.5. The molecule has 2 saturated heterocycles. The van der Waals surface area contributed by atoms with Gasteiger partial charge in [-0.1, -0.05) is 49.3 Å². The van der Waals surface area contributed by atoms with Gasteiger partial charge in [0, 0.05) is 51.5 Å². The molecule has 2 fully saturated rings. The average molecular weight is 474 g/mol. The van der Waals surface area contributed by atoms with E-state index in [-0.39, 0.29) is 6.10 Å². The van der Waals surface area contributed by atoms with E-state index >= 15 is 0 Å². The van der Waals surface area contributed by atoms with Crippen LogP contribution in [0.2, 0.25) is 0 Å². The zero-order chi connectivity index (χ0) is 23.8. The third-order valence-corrected chi connectivity index (χ3v) is 6.21. The molecular weight excluding hydrogens is 434 g/mol. The maximum absolute atomic E-state index is 10.8. The second kappa shape index (κ2) is 12.7. The first-order valence-electron chi connectivity index (χ1n) is 12.6. The highest BCUT2D eigenvalue weighted by molar-refractivity contribution is 5.68. The summed E-state index contributed by atoms with van der Waals surface area (Å²) < 4.78 is 23.1. The number of aromatic nitrogens is 1. The largest absolute Gasteiger partial charge is 0.389 e. The number of morpholine rings is 1. The van der Waals surface area contributed by atoms with Gasteiger partial charge in [-0.3, -0.25) is 4.90 Å². The van der Waals surface area contributed by atoms with Crippen LogP contribution in [0.4, 0.5) is 5.88 Å². The van der Waals surface area contributed by atoms with Crippen LogP contribution in [0.15, 0.2) is 34.9 Å². The predicted octanol–water partition coefficient (Wildman–Crippen LogP) is 3.19. The molecule has 2 unspecified atom stereocenters. The zero-order valence-corrected chi connectivity index (χ0v) is 20.5. The lowest BCUT2D eigenvalue weighted by atomic mass is 10.1. The number of hydrogen-bond donors (Lipinski definition) is 1. The van der Waals surface area contributed by atoms with Crippen LogP contribution in [-0.4, -0.2) is 86.6 Å². The van der Waals surface area contributed by atoms with Gasteiger partial charge < -0.3 is 28.7 Å². The van der Waals surface area contributed by atoms with Crippen LogP contribution >= 0.6 is 0 Å². The molecule has 0 radical (unpaired) electrons. The Morgan fingerprint density at radius 2 is 1.94 bits per heavy atom. The summed E-state index contributed by atoms with van der Waals surface area (Å²) in [5.41, 5.74) is 2.92. The normalized spacial score (nSPS) is 19.9. The maximum Gasteiger partial charge on any atom is 0.232 e. The van der Waals surface area contributed by atoms with Gasteiger partial charge in [-0.05, 0) is 18.8 Å². The molecule has 2 aliphatic heterocycles. The van der Waals surface area contributed by atoms with Gasteiger partial charge in [-0.2, -0.15) is 0 Å². The Balaban J connectivity index is 1.55. The fraction of sp³-hybridized carbons (Fsp3) is 0.654. The fourth-order valence-corrected chi connectivity index (χ4v) is 4.57. The summed E-state index contributed by atoms with van der Waals surface area (Å²) in [6.45, 7) is 10.8. The molecule has 34 heavy (non-hydrogen) atoms. The van der Waals surface area contributed by atoms with E-state index in [0.717, 1.165) is 61.8 Å². The Kier molecular flexibility index (Phi) is 9.35. The van der Waals surface area contributed by atoms with Crippen molar-refractivity contribution < 1.29 is 23.8 Å². The lowest BCUT2D eigenvalue weighted by Gasteiger charge is -2.30. The molecule has 188 valence electrons. The Morgan fingerprint density at radius 3 is 2.65 bits per heavy atom. The number of rotatable bonds is 12. The Bertz CT molecular complexity index is 847. The van der Waals surface area contributed by atoms with E-state index < -0.39 is 6.10 Å². The SMILES string of the molecule is CC(C)COCC(O)CN(Cc1c(-c2ccccc2)noc1N1CCOCC1)CC1CCCO1. The maximum atomic E-state index is 10.8. The van der Waals surface area contributed by atoms with Crippen LogP contribution in [0, 0.1) is 5.92 Å². The fourth-order valence-electron chi connectivity index (χ4n) is 4.57. The van der Waals surface area contributed by atoms with Gasteiger partial charge in [-0.15, -0.1) is 0 Å². The molecule has 4 rings (SSSR count). The topological polar surface area (TPSA) is 80.4 Å². The number of ether oxygens (including phenoxy) is 3. The van der Waals surface area contributed by atoms with Crippen LogP contribution in [-0.2, 0) is 20.8 Å². The van der Waals surface area contributed by atoms with E-state index in [1.807, 2.05) is 18.2 Å². The van der Waals surface area contributed by atoms with Crippen LogP contribution in [0.5, 0.6) is 0 Å². The molecule has 0 amide bonds. The monoisotopic (exact) mass is 473 g/mol. The van der Waals surface area contributed by atoms with Crippen molar-refractivity contribution in [2.75, 3.05) is 64.1 Å². The lowest BCUT2D eigenvalue weighted by molar-refractivity contribution is -0.00389. The van der Waals surface area contributed by atoms with E-state index in [4.69, 9.17) is 18.7 Å². The van der Waals surface area contributed by atoms with Crippen molar-refractivity contribution >= 4 is 5.88 Å². The first-order chi connectivity index (χ1) is 16.6. The van der Waals surface area contributed by atoms with Gasteiger partial charge in [0.2, 0.25) is 5.88 Å². The summed E-state index contributed by atoms with van der Waals surface area (Å²) in [7, 11) is 0. The molecule has 3 heterocycles. The number of aliphatic hydroxyl groups is 1. The van der Waals surface area contributed by atoms with Crippen LogP contribution < -0.4 is 4.90 Å². The molecule has 2 aromatic rings. The summed E-state index contributed by atoms with van der Waals surface area (Å²) in [4.78, 5) is 4.48. The van der Waals surface area contributed by atoms with Gasteiger partial charge >= 0.3 is 0 Å². The number of hydrogen-bond acceptors (Lipinski definition) is 8. The molecule has 0 spiro atoms. The van der Waals surface area contributed by atoms with Crippen molar-refractivity contribution in [1.82, 2.24) is 10.1 Å². The van der Waals surface area contributed by atoms with Crippen molar-refractivity contribution in [1.29, 1.82) is 0 Å². The highest BCUT2D eigenvalue weighted by Crippen LogP contribution is 2.33. The first-order valence-corrected chi connectivity index (χ1v) is 12.6. The summed E-state index contributed by atoms with van der Waals surface area (Å²) >= 11 is 0. The minimum atomic E-state index is -0.577. The number of benzene rings is 1. The summed E-state index contributed by atoms with van der Waals surface area (Å²) in [5, 5.41) is 15.3. The first kappa shape index (κ1) is 25.1. The second-order valence-corrected chi connectivity index (χ2v) is 9.69. The van der Waals surface area contributed by atoms with E-state index in [1.165, 1.54) is 0 Å². The van der Waals surface area contributed by atoms with Crippen molar-refractivity contribution in [2.45, 2.75) is 45.4 Å². The van der Waals surface area contributed by atoms with E-state index in [2.05, 4.69) is 40.9 Å². The Labute approximate surface area is 202 Å². The molecule has 1 aromatic carbocycles. The Morgan fingerprint density at radius 1 is 1.15 bits per heavy atom. The van der Waals surface area contributed by atoms with Crippen LogP contribution in [0.1, 0.15) is 32.3 Å². The van der Waals surface area contributed by atoms with E-state index in [1.54, 1.807) is 0 Å². The summed E-state index contributed by atoms with van der Waals surface area (Å²) in [6.07, 6.45) is 1.73. The van der Waals surface area contributed by atoms with Crippen LogP contribution in [0.3, 0.4) is 0 Å². The lowest BCUT2D eigenvalue weighted by Crippen LogP contribution is -2.40. The molecule has 0 aliphatic carbocycles. The third-order valence-electron chi connectivity index (χ3n) is 6.21. The molecule has 1 N–H and O–H groups in total. The second-order valence-electron chi connectivity index (χ2n) is 9.69. The van der Waals surface area contributed by atoms with Gasteiger partial charge in [0.05, 0.1) is 37.6 Å². The van der Waals surface area contributed by atoms with Crippen molar-refractivity contribution in [3.05, 3.63) is 35.9 Å². The van der Waals surface area contributed by atoms with Gasteiger partial charge in [-0.25, -0.2) is 0 Å². The molecule has 8 nitrogen and oxygen atoms in total. The molecule has 1 aromatic heterocycles. The molecule has 2 atom stereocenters. The van der Waals surface area contributed by atoms with Crippen molar-refractivity contribution in [2.24, 2.45) is 5.92 Å². The van der Waals surface area contributed by atoms with Gasteiger partial charge in [0.1, 0.15) is 5.69 Å². The van der Waals surface area contributed by atoms with Gasteiger partial charge in [0.15, 0.2) is 0 Å². The standard InChI is InChI=1S/C26H39N3O5/c1-20(2)18-32-19-22(30)15-28(16-23-9-6-12-33-23)17-24-25(21-7-4-3-5-8-21)27-34-26(24)29-10-13-31-14-11-29/h3-5,7-8,20,22-23,30H,6,9-19H2,1-2H3. The predicted molar refractivity (Wildman–Crippen MR) is 131 cm³/mol. The highest BCUT2D eigenvalue weighted by Gasteiger charge is 2.28. The van der Waals surface area contributed by atoms with Crippen molar-refractivity contribution in [3.8, 4) is 11.3 Å². The summed E-state index contributed by atoms with van der Waals surface area (Å²) in [6, 6.07) is 10.2.